The van der Waals surface area contributed by atoms with Crippen LogP contribution >= 0.6 is 0 Å². The molecule has 0 saturated heterocycles. The number of nitrogens with two attached hydrogens (primary N) is 1. The van der Waals surface area contributed by atoms with Gasteiger partial charge in [0.05, 0.1) is 5.69 Å². The van der Waals surface area contributed by atoms with E-state index in [0.29, 0.717) is 17.7 Å². The van der Waals surface area contributed by atoms with Crippen LogP contribution in [0.1, 0.15) is 28.5 Å². The van der Waals surface area contributed by atoms with Crippen molar-refractivity contribution < 1.29 is 13.9 Å². The summed E-state index contributed by atoms with van der Waals surface area (Å²) in [7, 11) is 0. The lowest BCUT2D eigenvalue weighted by molar-refractivity contribution is 0.141. The Morgan fingerprint density at radius 2 is 1.58 bits per heavy atom. The summed E-state index contributed by atoms with van der Waals surface area (Å²) >= 11 is 0. The number of benzene rings is 2. The van der Waals surface area contributed by atoms with Gasteiger partial charge in [0.15, 0.2) is 0 Å². The van der Waals surface area contributed by atoms with Crippen molar-refractivity contribution in [2.45, 2.75) is 25.0 Å². The lowest BCUT2D eigenvalue weighted by Gasteiger charge is -2.19. The van der Waals surface area contributed by atoms with Crippen LogP contribution in [-0.2, 0) is 12.8 Å². The maximum Gasteiger partial charge on any atom is 0.126 e. The van der Waals surface area contributed by atoms with Crippen LogP contribution in [0.3, 0.4) is 0 Å². The fraction of sp³-hybridized carbons (Fsp3) is 0.190. The molecule has 0 radical (unpaired) electrons. The molecule has 0 aliphatic rings. The minimum absolute atomic E-state index is 0.139. The zero-order chi connectivity index (χ0) is 18.5. The van der Waals surface area contributed by atoms with Gasteiger partial charge in [-0.1, -0.05) is 30.3 Å². The summed E-state index contributed by atoms with van der Waals surface area (Å²) in [4.78, 5) is 4.20. The zero-order valence-corrected chi connectivity index (χ0v) is 14.1. The first-order chi connectivity index (χ1) is 12.5. The van der Waals surface area contributed by atoms with E-state index in [1.165, 1.54) is 12.1 Å². The molecule has 0 amide bonds. The molecule has 2 aromatic carbocycles. The van der Waals surface area contributed by atoms with E-state index in [2.05, 4.69) is 4.98 Å². The maximum absolute atomic E-state index is 13.3. The lowest BCUT2D eigenvalue weighted by atomic mass is 9.98. The van der Waals surface area contributed by atoms with Gasteiger partial charge in [-0.3, -0.25) is 4.98 Å². The molecule has 0 aliphatic carbocycles. The van der Waals surface area contributed by atoms with E-state index in [9.17, 15) is 13.9 Å². The maximum atomic E-state index is 13.3. The summed E-state index contributed by atoms with van der Waals surface area (Å²) in [6, 6.07) is 16.2. The van der Waals surface area contributed by atoms with Crippen molar-refractivity contribution in [3.8, 4) is 0 Å². The molecule has 5 heteroatoms. The monoisotopic (exact) mass is 354 g/mol. The smallest absolute Gasteiger partial charge is 0.126 e. The van der Waals surface area contributed by atoms with Crippen molar-refractivity contribution in [2.24, 2.45) is 5.73 Å². The Kier molecular flexibility index (Phi) is 5.71. The van der Waals surface area contributed by atoms with Crippen molar-refractivity contribution in [1.82, 2.24) is 4.98 Å². The Balaban J connectivity index is 1.72. The first-order valence-electron chi connectivity index (χ1n) is 8.38. The van der Waals surface area contributed by atoms with Gasteiger partial charge in [0.25, 0.3) is 0 Å². The second kappa shape index (κ2) is 8.17. The number of aliphatic hydroxyl groups is 1. The van der Waals surface area contributed by atoms with Gasteiger partial charge in [0.2, 0.25) is 0 Å². The van der Waals surface area contributed by atoms with Crippen LogP contribution in [0.5, 0.6) is 0 Å². The van der Waals surface area contributed by atoms with Gasteiger partial charge in [-0.25, -0.2) is 8.78 Å². The molecule has 26 heavy (non-hydrogen) atoms. The van der Waals surface area contributed by atoms with Crippen LogP contribution in [0, 0.1) is 11.6 Å². The number of aromatic nitrogens is 1. The summed E-state index contributed by atoms with van der Waals surface area (Å²) in [5, 5.41) is 10.5. The van der Waals surface area contributed by atoms with E-state index in [0.717, 1.165) is 17.2 Å². The third-order valence-electron chi connectivity index (χ3n) is 4.20. The van der Waals surface area contributed by atoms with Crippen molar-refractivity contribution >= 4 is 0 Å². The summed E-state index contributed by atoms with van der Waals surface area (Å²) < 4.78 is 26.6. The molecule has 0 bridgehead atoms. The zero-order valence-electron chi connectivity index (χ0n) is 14.1. The van der Waals surface area contributed by atoms with Crippen molar-refractivity contribution in [2.75, 3.05) is 0 Å². The fourth-order valence-electron chi connectivity index (χ4n) is 2.93. The van der Waals surface area contributed by atoms with Crippen LogP contribution in [-0.4, -0.2) is 16.1 Å². The third kappa shape index (κ3) is 4.71. The number of pyridine rings is 1. The van der Waals surface area contributed by atoms with Gasteiger partial charge in [-0.15, -0.1) is 0 Å². The minimum Gasteiger partial charge on any atom is -0.385 e. The highest BCUT2D eigenvalue weighted by Crippen LogP contribution is 2.20. The summed E-state index contributed by atoms with van der Waals surface area (Å²) in [5.74, 6) is -1.32. The van der Waals surface area contributed by atoms with E-state index in [-0.39, 0.29) is 6.42 Å². The molecular formula is C21H20F2N2O. The highest BCUT2D eigenvalue weighted by atomic mass is 19.1. The van der Waals surface area contributed by atoms with E-state index in [1.807, 2.05) is 42.5 Å². The largest absolute Gasteiger partial charge is 0.385 e. The molecule has 3 nitrogen and oxygen atoms in total. The molecule has 0 aliphatic heterocycles. The average Bonchev–Trinajstić information content (AvgIpc) is 2.61. The SMILES string of the molecule is N[C@@H](Cc1cc(F)cc(F)c1)[C@H](O)c1cc(Cc2ccccc2)ccn1. The number of hydrogen-bond donors (Lipinski definition) is 2. The number of aliphatic hydroxyl groups excluding tert-OH is 1. The molecule has 3 rings (SSSR count). The number of hydrogen-bond acceptors (Lipinski definition) is 3. The van der Waals surface area contributed by atoms with Gasteiger partial charge in [0, 0.05) is 18.3 Å². The molecule has 0 saturated carbocycles. The first kappa shape index (κ1) is 18.2. The Hall–Kier alpha value is -2.63. The Morgan fingerprint density at radius 1 is 0.885 bits per heavy atom. The van der Waals surface area contributed by atoms with E-state index in [1.54, 1.807) is 6.20 Å². The summed E-state index contributed by atoms with van der Waals surface area (Å²) in [6.45, 7) is 0. The Bertz CT molecular complexity index is 851. The van der Waals surface area contributed by atoms with Gasteiger partial charge in [-0.05, 0) is 53.8 Å². The molecule has 2 atom stereocenters. The van der Waals surface area contributed by atoms with E-state index >= 15 is 0 Å². The number of rotatable bonds is 6. The number of nitrogens with zero attached hydrogens (tertiary/aromatic N) is 1. The lowest BCUT2D eigenvalue weighted by Crippen LogP contribution is -2.31. The Labute approximate surface area is 151 Å². The quantitative estimate of drug-likeness (QED) is 0.712. The Morgan fingerprint density at radius 3 is 2.27 bits per heavy atom. The minimum atomic E-state index is -1.03. The van der Waals surface area contributed by atoms with E-state index < -0.39 is 23.8 Å². The molecule has 134 valence electrons. The van der Waals surface area contributed by atoms with Crippen molar-refractivity contribution in [1.29, 1.82) is 0 Å². The molecular weight excluding hydrogens is 334 g/mol. The van der Waals surface area contributed by atoms with Gasteiger partial charge in [0.1, 0.15) is 17.7 Å². The molecule has 0 fully saturated rings. The summed E-state index contributed by atoms with van der Waals surface area (Å²) in [6.07, 6.45) is 1.45. The normalized spacial score (nSPS) is 13.4. The van der Waals surface area contributed by atoms with Crippen LogP contribution in [0.4, 0.5) is 8.78 Å². The highest BCUT2D eigenvalue weighted by Gasteiger charge is 2.19. The highest BCUT2D eigenvalue weighted by molar-refractivity contribution is 5.27. The van der Waals surface area contributed by atoms with Crippen LogP contribution < -0.4 is 5.73 Å². The molecule has 1 aromatic heterocycles. The van der Waals surface area contributed by atoms with Crippen LogP contribution in [0.25, 0.3) is 0 Å². The molecule has 1 heterocycles. The van der Waals surface area contributed by atoms with Gasteiger partial charge in [-0.2, -0.15) is 0 Å². The standard InChI is InChI=1S/C21H20F2N2O/c22-17-9-16(10-18(23)13-17)11-19(24)21(26)20-12-15(6-7-25-20)8-14-4-2-1-3-5-14/h1-7,9-10,12-13,19,21,26H,8,11,24H2/t19-,21-/m0/s1. The first-order valence-corrected chi connectivity index (χ1v) is 8.38. The molecule has 3 N–H and O–H groups in total. The second-order valence-electron chi connectivity index (χ2n) is 6.34. The van der Waals surface area contributed by atoms with Crippen molar-refractivity contribution in [3.63, 3.8) is 0 Å². The predicted octanol–water partition coefficient (Wildman–Crippen LogP) is 3.55. The van der Waals surface area contributed by atoms with Gasteiger partial charge >= 0.3 is 0 Å². The molecule has 0 unspecified atom stereocenters. The number of halogens is 2. The molecule has 3 aromatic rings. The van der Waals surface area contributed by atoms with Crippen LogP contribution in [0.15, 0.2) is 66.9 Å². The van der Waals surface area contributed by atoms with E-state index in [4.69, 9.17) is 5.73 Å². The third-order valence-corrected chi connectivity index (χ3v) is 4.20. The van der Waals surface area contributed by atoms with Crippen LogP contribution in [0.2, 0.25) is 0 Å². The second-order valence-corrected chi connectivity index (χ2v) is 6.34. The summed E-state index contributed by atoms with van der Waals surface area (Å²) in [5.41, 5.74) is 9.05. The average molecular weight is 354 g/mol. The van der Waals surface area contributed by atoms with Gasteiger partial charge < -0.3 is 10.8 Å². The van der Waals surface area contributed by atoms with Crippen molar-refractivity contribution in [3.05, 3.63) is 101 Å². The molecule has 0 spiro atoms. The fourth-order valence-corrected chi connectivity index (χ4v) is 2.93. The predicted molar refractivity (Wildman–Crippen MR) is 96.5 cm³/mol. The topological polar surface area (TPSA) is 59.1 Å².